The molecule has 0 N–H and O–H groups in total. The van der Waals surface area contributed by atoms with Crippen LogP contribution in [-0.4, -0.2) is 15.9 Å². The van der Waals surface area contributed by atoms with Crippen molar-refractivity contribution in [2.24, 2.45) is 0 Å². The number of hydrogen-bond donors (Lipinski definition) is 0. The van der Waals surface area contributed by atoms with Crippen molar-refractivity contribution in [2.75, 3.05) is 0 Å². The lowest BCUT2D eigenvalue weighted by atomic mass is 10.0. The van der Waals surface area contributed by atoms with E-state index in [1.54, 1.807) is 30.5 Å². The molecule has 8 heteroatoms. The van der Waals surface area contributed by atoms with Crippen molar-refractivity contribution >= 4 is 10.9 Å². The van der Waals surface area contributed by atoms with Gasteiger partial charge in [0.1, 0.15) is 11.6 Å². The van der Waals surface area contributed by atoms with E-state index in [9.17, 15) is 22.4 Å². The molecule has 0 atom stereocenters. The molecule has 2 aromatic carbocycles. The summed E-state index contributed by atoms with van der Waals surface area (Å²) in [4.78, 5) is 17.2. The summed E-state index contributed by atoms with van der Waals surface area (Å²) in [6.07, 6.45) is -1.73. The molecule has 4 rings (SSSR count). The lowest BCUT2D eigenvalue weighted by Gasteiger charge is -2.13. The molecule has 0 unspecified atom stereocenters. The van der Waals surface area contributed by atoms with Gasteiger partial charge in [-0.3, -0.25) is 14.3 Å². The van der Waals surface area contributed by atoms with Crippen molar-refractivity contribution in [3.63, 3.8) is 0 Å². The van der Waals surface area contributed by atoms with Crippen molar-refractivity contribution in [3.8, 4) is 22.6 Å². The molecule has 0 amide bonds. The first-order chi connectivity index (χ1) is 13.8. The van der Waals surface area contributed by atoms with Crippen LogP contribution >= 0.6 is 0 Å². The average molecular weight is 400 g/mol. The molecule has 0 saturated carbocycles. The predicted octanol–water partition coefficient (Wildman–Crippen LogP) is 5.09. The maximum absolute atomic E-state index is 13.3. The van der Waals surface area contributed by atoms with Crippen LogP contribution in [0.25, 0.3) is 27.7 Å². The van der Waals surface area contributed by atoms with E-state index in [4.69, 9.17) is 0 Å². The van der Waals surface area contributed by atoms with Gasteiger partial charge in [0.15, 0.2) is 0 Å². The van der Waals surface area contributed by atoms with E-state index in [2.05, 4.69) is 9.72 Å². The van der Waals surface area contributed by atoms with E-state index in [1.165, 1.54) is 35.0 Å². The van der Waals surface area contributed by atoms with Crippen molar-refractivity contribution in [2.45, 2.75) is 6.36 Å². The largest absolute Gasteiger partial charge is 0.573 e. The van der Waals surface area contributed by atoms with Crippen LogP contribution in [-0.2, 0) is 0 Å². The molecule has 146 valence electrons. The lowest BCUT2D eigenvalue weighted by Crippen LogP contribution is -2.19. The summed E-state index contributed by atoms with van der Waals surface area (Å²) in [7, 11) is 0. The summed E-state index contributed by atoms with van der Waals surface area (Å²) in [5.41, 5.74) is 1.62. The molecule has 4 nitrogen and oxygen atoms in total. The number of fused-ring (bicyclic) bond motifs is 1. The first-order valence-electron chi connectivity index (χ1n) is 8.44. The van der Waals surface area contributed by atoms with Crippen LogP contribution in [0.15, 0.2) is 77.9 Å². The standard InChI is InChI=1S/C21H12F4N2O2/c22-14-5-3-13(4-6-14)18-12-27(20(28)17-2-1-11-26-19(17)18)15-7-9-16(10-8-15)29-21(23,24)25/h1-12H. The Labute approximate surface area is 161 Å². The highest BCUT2D eigenvalue weighted by molar-refractivity contribution is 5.92. The van der Waals surface area contributed by atoms with E-state index in [-0.39, 0.29) is 5.56 Å². The van der Waals surface area contributed by atoms with Crippen LogP contribution in [0.1, 0.15) is 0 Å². The van der Waals surface area contributed by atoms with Gasteiger partial charge < -0.3 is 4.74 Å². The molecule has 0 aliphatic heterocycles. The fourth-order valence-electron chi connectivity index (χ4n) is 3.01. The minimum Gasteiger partial charge on any atom is -0.406 e. The normalized spacial score (nSPS) is 11.6. The second-order valence-electron chi connectivity index (χ2n) is 6.17. The van der Waals surface area contributed by atoms with Gasteiger partial charge >= 0.3 is 6.36 Å². The molecular formula is C21H12F4N2O2. The van der Waals surface area contributed by atoms with Crippen molar-refractivity contribution in [1.29, 1.82) is 0 Å². The van der Waals surface area contributed by atoms with Gasteiger partial charge in [-0.15, -0.1) is 13.2 Å². The lowest BCUT2D eigenvalue weighted by molar-refractivity contribution is -0.274. The fraction of sp³-hybridized carbons (Fsp3) is 0.0476. The Kier molecular flexibility index (Phi) is 4.54. The first kappa shape index (κ1) is 18.7. The van der Waals surface area contributed by atoms with Gasteiger partial charge in [0, 0.05) is 23.6 Å². The molecule has 4 aromatic rings. The van der Waals surface area contributed by atoms with Gasteiger partial charge in [-0.1, -0.05) is 12.1 Å². The molecular weight excluding hydrogens is 388 g/mol. The smallest absolute Gasteiger partial charge is 0.406 e. The molecule has 29 heavy (non-hydrogen) atoms. The van der Waals surface area contributed by atoms with Crippen LogP contribution in [0.5, 0.6) is 5.75 Å². The number of ether oxygens (including phenoxy) is 1. The number of nitrogens with zero attached hydrogens (tertiary/aromatic N) is 2. The molecule has 0 fully saturated rings. The highest BCUT2D eigenvalue weighted by atomic mass is 19.4. The van der Waals surface area contributed by atoms with Crippen LogP contribution in [0.4, 0.5) is 17.6 Å². The molecule has 0 saturated heterocycles. The second kappa shape index (κ2) is 7.05. The number of benzene rings is 2. The Balaban J connectivity index is 1.88. The summed E-state index contributed by atoms with van der Waals surface area (Å²) in [6, 6.07) is 13.9. The van der Waals surface area contributed by atoms with E-state index < -0.39 is 17.9 Å². The van der Waals surface area contributed by atoms with Gasteiger partial charge in [0.25, 0.3) is 5.56 Å². The second-order valence-corrected chi connectivity index (χ2v) is 6.17. The number of rotatable bonds is 3. The number of pyridine rings is 2. The third kappa shape index (κ3) is 3.82. The van der Waals surface area contributed by atoms with E-state index in [0.29, 0.717) is 27.7 Å². The topological polar surface area (TPSA) is 44.1 Å². The molecule has 0 aliphatic rings. The van der Waals surface area contributed by atoms with Gasteiger partial charge in [0.05, 0.1) is 10.9 Å². The van der Waals surface area contributed by atoms with Crippen LogP contribution in [0, 0.1) is 5.82 Å². The highest BCUT2D eigenvalue weighted by Gasteiger charge is 2.31. The average Bonchev–Trinajstić information content (AvgIpc) is 2.69. The number of aromatic nitrogens is 2. The number of alkyl halides is 3. The summed E-state index contributed by atoms with van der Waals surface area (Å²) in [5, 5.41) is 0.324. The minimum atomic E-state index is -4.80. The van der Waals surface area contributed by atoms with Gasteiger partial charge in [-0.05, 0) is 54.1 Å². The van der Waals surface area contributed by atoms with Crippen LogP contribution in [0.3, 0.4) is 0 Å². The monoisotopic (exact) mass is 400 g/mol. The van der Waals surface area contributed by atoms with Crippen LogP contribution < -0.4 is 10.3 Å². The zero-order valence-corrected chi connectivity index (χ0v) is 14.7. The summed E-state index contributed by atoms with van der Waals surface area (Å²) in [6.45, 7) is 0. The Hall–Kier alpha value is -3.68. The Bertz CT molecular complexity index is 1230. The maximum atomic E-state index is 13.3. The molecule has 2 aromatic heterocycles. The zero-order chi connectivity index (χ0) is 20.6. The molecule has 2 heterocycles. The van der Waals surface area contributed by atoms with E-state index in [1.807, 2.05) is 0 Å². The fourth-order valence-corrected chi connectivity index (χ4v) is 3.01. The first-order valence-corrected chi connectivity index (χ1v) is 8.44. The van der Waals surface area contributed by atoms with E-state index in [0.717, 1.165) is 12.1 Å². The summed E-state index contributed by atoms with van der Waals surface area (Å²) < 4.78 is 55.6. The zero-order valence-electron chi connectivity index (χ0n) is 14.7. The minimum absolute atomic E-state index is 0.324. The van der Waals surface area contributed by atoms with Gasteiger partial charge in [-0.2, -0.15) is 0 Å². The van der Waals surface area contributed by atoms with Crippen molar-refractivity contribution in [3.05, 3.63) is 89.2 Å². The Morgan fingerprint density at radius 2 is 1.62 bits per heavy atom. The van der Waals surface area contributed by atoms with Gasteiger partial charge in [-0.25, -0.2) is 4.39 Å². The van der Waals surface area contributed by atoms with Gasteiger partial charge in [0.2, 0.25) is 0 Å². The predicted molar refractivity (Wildman–Crippen MR) is 99.4 cm³/mol. The van der Waals surface area contributed by atoms with Crippen molar-refractivity contribution < 1.29 is 22.3 Å². The van der Waals surface area contributed by atoms with E-state index >= 15 is 0 Å². The quantitative estimate of drug-likeness (QED) is 0.450. The highest BCUT2D eigenvalue weighted by Crippen LogP contribution is 2.28. The number of hydrogen-bond acceptors (Lipinski definition) is 3. The molecule has 0 aliphatic carbocycles. The third-order valence-corrected chi connectivity index (χ3v) is 4.27. The van der Waals surface area contributed by atoms with Crippen LogP contribution in [0.2, 0.25) is 0 Å². The molecule has 0 radical (unpaired) electrons. The summed E-state index contributed by atoms with van der Waals surface area (Å²) in [5.74, 6) is -0.796. The number of halogens is 4. The summed E-state index contributed by atoms with van der Waals surface area (Å²) >= 11 is 0. The maximum Gasteiger partial charge on any atom is 0.573 e. The SMILES string of the molecule is O=c1c2cccnc2c(-c2ccc(F)cc2)cn1-c1ccc(OC(F)(F)F)cc1. The Morgan fingerprint density at radius 1 is 0.931 bits per heavy atom. The molecule has 0 spiro atoms. The van der Waals surface area contributed by atoms with Crippen molar-refractivity contribution in [1.82, 2.24) is 9.55 Å². The Morgan fingerprint density at radius 3 is 2.28 bits per heavy atom. The molecule has 0 bridgehead atoms. The third-order valence-electron chi connectivity index (χ3n) is 4.27.